The second kappa shape index (κ2) is 6.64. The third kappa shape index (κ3) is 3.64. The van der Waals surface area contributed by atoms with Crippen molar-refractivity contribution in [2.75, 3.05) is 19.0 Å². The zero-order valence-electron chi connectivity index (χ0n) is 11.4. The van der Waals surface area contributed by atoms with E-state index in [1.165, 1.54) is 0 Å². The van der Waals surface area contributed by atoms with Crippen molar-refractivity contribution in [3.8, 4) is 5.75 Å². The van der Waals surface area contributed by atoms with Crippen LogP contribution in [0.3, 0.4) is 0 Å². The molecular weight excluding hydrogens is 250 g/mol. The Hall–Kier alpha value is -1.22. The topological polar surface area (TPSA) is 38.3 Å². The van der Waals surface area contributed by atoms with E-state index in [2.05, 4.69) is 5.32 Å². The summed E-state index contributed by atoms with van der Waals surface area (Å²) in [6.45, 7) is 6.26. The number of ether oxygens (including phenoxy) is 1. The van der Waals surface area contributed by atoms with Gasteiger partial charge in [0.25, 0.3) is 0 Å². The van der Waals surface area contributed by atoms with Gasteiger partial charge in [0.1, 0.15) is 11.5 Å². The molecule has 0 aromatic heterocycles. The first kappa shape index (κ1) is 14.8. The fourth-order valence-electron chi connectivity index (χ4n) is 1.85. The first-order valence-electron chi connectivity index (χ1n) is 6.04. The van der Waals surface area contributed by atoms with Crippen molar-refractivity contribution in [1.29, 1.82) is 0 Å². The fraction of sp³-hybridized carbons (Fsp3) is 0.500. The second-order valence-corrected chi connectivity index (χ2v) is 4.82. The number of Topliss-reactive ketones (excluding diaryl/α,β-unsaturated/α-hetero) is 1. The number of ketones is 1. The summed E-state index contributed by atoms with van der Waals surface area (Å²) in [4.78, 5) is 10.9. The Morgan fingerprint density at radius 1 is 1.44 bits per heavy atom. The van der Waals surface area contributed by atoms with Crippen molar-refractivity contribution in [2.45, 2.75) is 33.6 Å². The highest BCUT2D eigenvalue weighted by molar-refractivity contribution is 6.32. The van der Waals surface area contributed by atoms with Crippen molar-refractivity contribution >= 4 is 23.1 Å². The quantitative estimate of drug-likeness (QED) is 0.800. The Balaban J connectivity index is 2.80. The number of rotatable bonds is 6. The van der Waals surface area contributed by atoms with Crippen molar-refractivity contribution in [2.24, 2.45) is 0 Å². The molecule has 1 N–H and O–H groups in total. The lowest BCUT2D eigenvalue weighted by Crippen LogP contribution is -2.07. The highest BCUT2D eigenvalue weighted by Crippen LogP contribution is 2.35. The van der Waals surface area contributed by atoms with Crippen molar-refractivity contribution in [3.63, 3.8) is 0 Å². The average Bonchev–Trinajstić information content (AvgIpc) is 2.33. The standard InChI is InChI=1S/C14H20ClNO2/c1-9-8-12(18-4)14(11(3)13(9)15)16-7-5-6-10(2)17/h8,16H,5-7H2,1-4H3. The predicted molar refractivity (Wildman–Crippen MR) is 75.9 cm³/mol. The Labute approximate surface area is 113 Å². The first-order valence-corrected chi connectivity index (χ1v) is 6.42. The third-order valence-corrected chi connectivity index (χ3v) is 3.45. The number of hydrogen-bond donors (Lipinski definition) is 1. The van der Waals surface area contributed by atoms with Crippen LogP contribution in [0.2, 0.25) is 5.02 Å². The maximum atomic E-state index is 10.9. The molecule has 0 spiro atoms. The molecule has 1 rings (SSSR count). The van der Waals surface area contributed by atoms with E-state index in [9.17, 15) is 4.79 Å². The van der Waals surface area contributed by atoms with Crippen LogP contribution in [-0.4, -0.2) is 19.4 Å². The van der Waals surface area contributed by atoms with Gasteiger partial charge in [0.15, 0.2) is 0 Å². The van der Waals surface area contributed by atoms with Crippen LogP contribution in [0.1, 0.15) is 30.9 Å². The van der Waals surface area contributed by atoms with E-state index >= 15 is 0 Å². The Bertz CT molecular complexity index is 444. The highest BCUT2D eigenvalue weighted by atomic mass is 35.5. The largest absolute Gasteiger partial charge is 0.495 e. The van der Waals surface area contributed by atoms with Gasteiger partial charge in [-0.1, -0.05) is 11.6 Å². The Morgan fingerprint density at radius 2 is 2.11 bits per heavy atom. The number of methoxy groups -OCH3 is 1. The maximum absolute atomic E-state index is 10.9. The summed E-state index contributed by atoms with van der Waals surface area (Å²) in [7, 11) is 1.64. The number of aryl methyl sites for hydroxylation is 1. The van der Waals surface area contributed by atoms with Crippen molar-refractivity contribution in [1.82, 2.24) is 0 Å². The van der Waals surface area contributed by atoms with Gasteiger partial charge in [-0.3, -0.25) is 0 Å². The van der Waals surface area contributed by atoms with Crippen molar-refractivity contribution < 1.29 is 9.53 Å². The van der Waals surface area contributed by atoms with Gasteiger partial charge in [0.2, 0.25) is 0 Å². The minimum Gasteiger partial charge on any atom is -0.495 e. The summed E-state index contributed by atoms with van der Waals surface area (Å²) in [5, 5.41) is 4.05. The zero-order valence-corrected chi connectivity index (χ0v) is 12.1. The lowest BCUT2D eigenvalue weighted by molar-refractivity contribution is -0.117. The number of carbonyl (C=O) groups excluding carboxylic acids is 1. The van der Waals surface area contributed by atoms with Crippen molar-refractivity contribution in [3.05, 3.63) is 22.2 Å². The average molecular weight is 270 g/mol. The van der Waals surface area contributed by atoms with Gasteiger partial charge in [-0.2, -0.15) is 0 Å². The molecule has 4 heteroatoms. The number of hydrogen-bond acceptors (Lipinski definition) is 3. The highest BCUT2D eigenvalue weighted by Gasteiger charge is 2.12. The summed E-state index contributed by atoms with van der Waals surface area (Å²) < 4.78 is 5.35. The van der Waals surface area contributed by atoms with E-state index in [1.807, 2.05) is 19.9 Å². The van der Waals surface area contributed by atoms with Gasteiger partial charge < -0.3 is 14.8 Å². The van der Waals surface area contributed by atoms with Crippen LogP contribution in [0.5, 0.6) is 5.75 Å². The molecule has 0 aliphatic heterocycles. The van der Waals surface area contributed by atoms with Gasteiger partial charge in [-0.15, -0.1) is 0 Å². The van der Waals surface area contributed by atoms with Crippen LogP contribution >= 0.6 is 11.6 Å². The Kier molecular flexibility index (Phi) is 5.48. The molecule has 0 aliphatic rings. The first-order chi connectivity index (χ1) is 8.47. The summed E-state index contributed by atoms with van der Waals surface area (Å²) >= 11 is 6.23. The number of halogens is 1. The summed E-state index contributed by atoms with van der Waals surface area (Å²) in [6.07, 6.45) is 1.40. The number of benzene rings is 1. The molecule has 0 unspecified atom stereocenters. The maximum Gasteiger partial charge on any atom is 0.142 e. The number of anilines is 1. The molecule has 3 nitrogen and oxygen atoms in total. The fourth-order valence-corrected chi connectivity index (χ4v) is 2.00. The third-order valence-electron chi connectivity index (χ3n) is 2.87. The SMILES string of the molecule is COc1cc(C)c(Cl)c(C)c1NCCCC(C)=O. The van der Waals surface area contributed by atoms with E-state index < -0.39 is 0 Å². The lowest BCUT2D eigenvalue weighted by atomic mass is 10.1. The van der Waals surface area contributed by atoms with E-state index in [4.69, 9.17) is 16.3 Å². The molecule has 1 aromatic carbocycles. The summed E-state index contributed by atoms with van der Waals surface area (Å²) in [5.41, 5.74) is 2.90. The molecule has 0 aliphatic carbocycles. The van der Waals surface area contributed by atoms with Gasteiger partial charge in [-0.05, 0) is 44.4 Å². The van der Waals surface area contributed by atoms with Crippen LogP contribution < -0.4 is 10.1 Å². The second-order valence-electron chi connectivity index (χ2n) is 4.44. The van der Waals surface area contributed by atoms with E-state index in [0.717, 1.165) is 40.6 Å². The van der Waals surface area contributed by atoms with E-state index in [0.29, 0.717) is 6.42 Å². The van der Waals surface area contributed by atoms with Gasteiger partial charge in [-0.25, -0.2) is 0 Å². The van der Waals surface area contributed by atoms with Crippen LogP contribution in [-0.2, 0) is 4.79 Å². The molecule has 0 radical (unpaired) electrons. The predicted octanol–water partition coefficient (Wildman–Crippen LogP) is 3.75. The van der Waals surface area contributed by atoms with Crippen LogP contribution in [0, 0.1) is 13.8 Å². The van der Waals surface area contributed by atoms with E-state index in [1.54, 1.807) is 14.0 Å². The monoisotopic (exact) mass is 269 g/mol. The molecule has 100 valence electrons. The minimum atomic E-state index is 0.211. The van der Waals surface area contributed by atoms with Gasteiger partial charge >= 0.3 is 0 Å². The molecule has 0 heterocycles. The summed E-state index contributed by atoms with van der Waals surface area (Å²) in [6, 6.07) is 1.92. The van der Waals surface area contributed by atoms with Crippen LogP contribution in [0.4, 0.5) is 5.69 Å². The normalized spacial score (nSPS) is 10.3. The molecule has 1 aromatic rings. The molecule has 0 atom stereocenters. The molecule has 0 fully saturated rings. The van der Waals surface area contributed by atoms with Crippen LogP contribution in [0.25, 0.3) is 0 Å². The Morgan fingerprint density at radius 3 is 2.67 bits per heavy atom. The molecule has 0 amide bonds. The molecule has 0 saturated carbocycles. The minimum absolute atomic E-state index is 0.211. The zero-order chi connectivity index (χ0) is 13.7. The molecule has 18 heavy (non-hydrogen) atoms. The van der Waals surface area contributed by atoms with E-state index in [-0.39, 0.29) is 5.78 Å². The molecule has 0 saturated heterocycles. The molecule has 0 bridgehead atoms. The van der Waals surface area contributed by atoms with Gasteiger partial charge in [0, 0.05) is 18.0 Å². The summed E-state index contributed by atoms with van der Waals surface area (Å²) in [5.74, 6) is 1.000. The van der Waals surface area contributed by atoms with Gasteiger partial charge in [0.05, 0.1) is 12.8 Å². The molecular formula is C14H20ClNO2. The number of carbonyl (C=O) groups is 1. The van der Waals surface area contributed by atoms with Crippen LogP contribution in [0.15, 0.2) is 6.07 Å². The smallest absolute Gasteiger partial charge is 0.142 e. The number of nitrogens with one attached hydrogen (secondary N) is 1. The lowest BCUT2D eigenvalue weighted by Gasteiger charge is -2.16.